The Bertz CT molecular complexity index is 1090. The van der Waals surface area contributed by atoms with E-state index in [1.807, 2.05) is 41.1 Å². The minimum Gasteiger partial charge on any atom is -0.322 e. The number of benzene rings is 2. The molecule has 1 N–H and O–H groups in total. The molecular formula is C20H13F2N3O. The molecule has 0 fully saturated rings. The molecule has 0 bridgehead atoms. The number of hydrogen-bond donors (Lipinski definition) is 1. The lowest BCUT2D eigenvalue weighted by Gasteiger charge is -2.07. The number of halogens is 2. The Morgan fingerprint density at radius 2 is 1.88 bits per heavy atom. The van der Waals surface area contributed by atoms with Crippen molar-refractivity contribution in [3.63, 3.8) is 0 Å². The molecular weight excluding hydrogens is 336 g/mol. The summed E-state index contributed by atoms with van der Waals surface area (Å²) in [6.07, 6.45) is 3.78. The van der Waals surface area contributed by atoms with Gasteiger partial charge in [0, 0.05) is 29.7 Å². The van der Waals surface area contributed by atoms with Gasteiger partial charge in [-0.25, -0.2) is 13.8 Å². The fraction of sp³-hybridized carbons (Fsp3) is 0. The van der Waals surface area contributed by atoms with Crippen molar-refractivity contribution in [1.29, 1.82) is 0 Å². The van der Waals surface area contributed by atoms with Gasteiger partial charge in [-0.05, 0) is 36.4 Å². The highest BCUT2D eigenvalue weighted by atomic mass is 19.1. The highest BCUT2D eigenvalue weighted by molar-refractivity contribution is 6.04. The zero-order valence-corrected chi connectivity index (χ0v) is 13.5. The third kappa shape index (κ3) is 3.04. The summed E-state index contributed by atoms with van der Waals surface area (Å²) < 4.78 is 28.6. The average Bonchev–Trinajstić information content (AvgIpc) is 3.06. The first kappa shape index (κ1) is 16.0. The van der Waals surface area contributed by atoms with Gasteiger partial charge in [-0.3, -0.25) is 4.79 Å². The first-order valence-electron chi connectivity index (χ1n) is 7.91. The largest absolute Gasteiger partial charge is 0.322 e. The Kier molecular flexibility index (Phi) is 3.93. The normalized spacial score (nSPS) is 10.8. The van der Waals surface area contributed by atoms with Crippen LogP contribution in [-0.2, 0) is 0 Å². The predicted octanol–water partition coefficient (Wildman–Crippen LogP) is 4.53. The average molecular weight is 349 g/mol. The van der Waals surface area contributed by atoms with E-state index in [-0.39, 0.29) is 5.56 Å². The second-order valence-electron chi connectivity index (χ2n) is 5.75. The molecule has 1 amide bonds. The maximum atomic E-state index is 13.8. The zero-order valence-electron chi connectivity index (χ0n) is 13.5. The molecule has 2 aromatic heterocycles. The van der Waals surface area contributed by atoms with Crippen LogP contribution in [0.15, 0.2) is 73.1 Å². The summed E-state index contributed by atoms with van der Waals surface area (Å²) in [6, 6.07) is 15.6. The number of anilines is 1. The lowest BCUT2D eigenvalue weighted by Crippen LogP contribution is -2.13. The van der Waals surface area contributed by atoms with Crippen molar-refractivity contribution in [2.45, 2.75) is 0 Å². The number of nitrogens with zero attached hydrogens (tertiary/aromatic N) is 2. The zero-order chi connectivity index (χ0) is 18.1. The van der Waals surface area contributed by atoms with Gasteiger partial charge in [0.2, 0.25) is 0 Å². The topological polar surface area (TPSA) is 46.4 Å². The molecule has 0 unspecified atom stereocenters. The van der Waals surface area contributed by atoms with Crippen LogP contribution >= 0.6 is 0 Å². The van der Waals surface area contributed by atoms with Crippen LogP contribution in [0.3, 0.4) is 0 Å². The van der Waals surface area contributed by atoms with E-state index in [4.69, 9.17) is 0 Å². The van der Waals surface area contributed by atoms with Crippen LogP contribution in [-0.4, -0.2) is 15.3 Å². The number of rotatable bonds is 3. The maximum Gasteiger partial charge on any atom is 0.258 e. The molecule has 0 aliphatic carbocycles. The minimum atomic E-state index is -0.904. The number of fused-ring (bicyclic) bond motifs is 1. The van der Waals surface area contributed by atoms with Gasteiger partial charge < -0.3 is 9.72 Å². The maximum absolute atomic E-state index is 13.8. The summed E-state index contributed by atoms with van der Waals surface area (Å²) in [5.41, 5.74) is 2.65. The van der Waals surface area contributed by atoms with E-state index in [1.54, 1.807) is 18.2 Å². The summed E-state index contributed by atoms with van der Waals surface area (Å²) in [4.78, 5) is 16.8. The highest BCUT2D eigenvalue weighted by Crippen LogP contribution is 2.23. The van der Waals surface area contributed by atoms with Crippen LogP contribution in [0, 0.1) is 11.6 Å². The Hall–Kier alpha value is -3.54. The quantitative estimate of drug-likeness (QED) is 0.591. The van der Waals surface area contributed by atoms with Crippen molar-refractivity contribution in [2.24, 2.45) is 0 Å². The number of carbonyl (C=O) groups is 1. The minimum absolute atomic E-state index is 0.218. The Labute approximate surface area is 147 Å². The highest BCUT2D eigenvalue weighted by Gasteiger charge is 2.13. The van der Waals surface area contributed by atoms with Crippen molar-refractivity contribution in [3.8, 4) is 11.3 Å². The molecule has 0 radical (unpaired) electrons. The van der Waals surface area contributed by atoms with Gasteiger partial charge in [0.05, 0.1) is 11.3 Å². The molecule has 2 aromatic carbocycles. The number of carbonyl (C=O) groups excluding carboxylic acids is 1. The van der Waals surface area contributed by atoms with E-state index in [0.717, 1.165) is 29.0 Å². The van der Waals surface area contributed by atoms with Crippen molar-refractivity contribution < 1.29 is 13.6 Å². The van der Waals surface area contributed by atoms with Crippen LogP contribution < -0.4 is 5.32 Å². The summed E-state index contributed by atoms with van der Waals surface area (Å²) in [5, 5.41) is 2.63. The second-order valence-corrected chi connectivity index (χ2v) is 5.75. The van der Waals surface area contributed by atoms with Crippen LogP contribution in [0.25, 0.3) is 16.9 Å². The molecule has 4 nitrogen and oxygen atoms in total. The number of nitrogens with one attached hydrogen (secondary N) is 1. The van der Waals surface area contributed by atoms with Crippen LogP contribution in [0.4, 0.5) is 14.5 Å². The lowest BCUT2D eigenvalue weighted by atomic mass is 10.1. The molecule has 0 aliphatic heterocycles. The monoisotopic (exact) mass is 349 g/mol. The van der Waals surface area contributed by atoms with Gasteiger partial charge in [-0.2, -0.15) is 0 Å². The summed E-state index contributed by atoms with van der Waals surface area (Å²) in [7, 11) is 0. The molecule has 4 aromatic rings. The van der Waals surface area contributed by atoms with Crippen LogP contribution in [0.5, 0.6) is 0 Å². The Balaban J connectivity index is 1.62. The summed E-state index contributed by atoms with van der Waals surface area (Å²) >= 11 is 0. The Morgan fingerprint density at radius 1 is 1.00 bits per heavy atom. The van der Waals surface area contributed by atoms with Crippen molar-refractivity contribution >= 4 is 17.2 Å². The number of pyridine rings is 1. The summed E-state index contributed by atoms with van der Waals surface area (Å²) in [6.45, 7) is 0. The predicted molar refractivity (Wildman–Crippen MR) is 94.9 cm³/mol. The second kappa shape index (κ2) is 6.40. The van der Waals surface area contributed by atoms with Crippen molar-refractivity contribution in [2.75, 3.05) is 5.32 Å². The van der Waals surface area contributed by atoms with E-state index >= 15 is 0 Å². The molecule has 2 heterocycles. The first-order valence-corrected chi connectivity index (χ1v) is 7.91. The number of aromatic nitrogens is 2. The van der Waals surface area contributed by atoms with Crippen molar-refractivity contribution in [1.82, 2.24) is 9.38 Å². The van der Waals surface area contributed by atoms with Crippen molar-refractivity contribution in [3.05, 3.63) is 90.3 Å². The number of imidazole rings is 1. The molecule has 0 spiro atoms. The van der Waals surface area contributed by atoms with Gasteiger partial charge in [0.1, 0.15) is 17.3 Å². The van der Waals surface area contributed by atoms with Gasteiger partial charge in [0.15, 0.2) is 0 Å². The molecule has 0 saturated heterocycles. The molecule has 26 heavy (non-hydrogen) atoms. The van der Waals surface area contributed by atoms with Gasteiger partial charge in [0.25, 0.3) is 5.91 Å². The van der Waals surface area contributed by atoms with E-state index in [1.165, 1.54) is 0 Å². The third-order valence-electron chi connectivity index (χ3n) is 3.96. The molecule has 0 aliphatic rings. The SMILES string of the molecule is O=C(Nc1cccc(-c2cn3ccccc3n2)c1)c1ccc(F)cc1F. The standard InChI is InChI=1S/C20H13F2N3O/c21-14-7-8-16(17(22)11-14)20(26)23-15-5-3-4-13(10-15)18-12-25-9-2-1-6-19(25)24-18/h1-12H,(H,23,26). The van der Waals surface area contributed by atoms with E-state index in [0.29, 0.717) is 11.8 Å². The fourth-order valence-corrected chi connectivity index (χ4v) is 2.70. The molecule has 0 atom stereocenters. The van der Waals surface area contributed by atoms with E-state index < -0.39 is 17.5 Å². The smallest absolute Gasteiger partial charge is 0.258 e. The number of amides is 1. The van der Waals surface area contributed by atoms with Crippen LogP contribution in [0.2, 0.25) is 0 Å². The molecule has 6 heteroatoms. The van der Waals surface area contributed by atoms with Gasteiger partial charge in [-0.1, -0.05) is 18.2 Å². The fourth-order valence-electron chi connectivity index (χ4n) is 2.70. The van der Waals surface area contributed by atoms with Gasteiger partial charge in [-0.15, -0.1) is 0 Å². The lowest BCUT2D eigenvalue weighted by molar-refractivity contribution is 0.102. The van der Waals surface area contributed by atoms with E-state index in [9.17, 15) is 13.6 Å². The summed E-state index contributed by atoms with van der Waals surface area (Å²) in [5.74, 6) is -2.28. The molecule has 0 saturated carbocycles. The Morgan fingerprint density at radius 3 is 2.69 bits per heavy atom. The third-order valence-corrected chi connectivity index (χ3v) is 3.96. The van der Waals surface area contributed by atoms with Crippen LogP contribution in [0.1, 0.15) is 10.4 Å². The van der Waals surface area contributed by atoms with E-state index in [2.05, 4.69) is 10.3 Å². The first-order chi connectivity index (χ1) is 12.6. The molecule has 128 valence electrons. The molecule has 4 rings (SSSR count). The van der Waals surface area contributed by atoms with Gasteiger partial charge >= 0.3 is 0 Å². The number of hydrogen-bond acceptors (Lipinski definition) is 2.